The smallest absolute Gasteiger partial charge is 0.329 e. The van der Waals surface area contributed by atoms with Gasteiger partial charge in [-0.1, -0.05) is 35.9 Å². The van der Waals surface area contributed by atoms with Crippen molar-refractivity contribution < 1.29 is 14.3 Å². The quantitative estimate of drug-likeness (QED) is 0.336. The summed E-state index contributed by atoms with van der Waals surface area (Å²) in [5, 5.41) is 7.11. The summed E-state index contributed by atoms with van der Waals surface area (Å²) in [6, 6.07) is 20.2. The molecule has 6 nitrogen and oxygen atoms in total. The maximum atomic E-state index is 12.0. The molecule has 0 aliphatic heterocycles. The summed E-state index contributed by atoms with van der Waals surface area (Å²) < 4.78 is 5.73. The van der Waals surface area contributed by atoms with E-state index in [9.17, 15) is 9.59 Å². The lowest BCUT2D eigenvalue weighted by Gasteiger charge is -2.08. The van der Waals surface area contributed by atoms with Crippen LogP contribution < -0.4 is 15.5 Å². The molecular weight excluding hydrogens is 414 g/mol. The van der Waals surface area contributed by atoms with Crippen LogP contribution in [0.4, 0.5) is 5.69 Å². The van der Waals surface area contributed by atoms with E-state index in [4.69, 9.17) is 16.3 Å². The van der Waals surface area contributed by atoms with Gasteiger partial charge in [-0.3, -0.25) is 9.59 Å². The molecule has 0 radical (unpaired) electrons. The van der Waals surface area contributed by atoms with Crippen LogP contribution >= 0.6 is 11.6 Å². The Bertz CT molecular complexity index is 1090. The van der Waals surface area contributed by atoms with E-state index in [1.54, 1.807) is 30.3 Å². The largest absolute Gasteiger partial charge is 0.489 e. The lowest BCUT2D eigenvalue weighted by molar-refractivity contribution is -0.136. The monoisotopic (exact) mass is 435 g/mol. The first-order valence-electron chi connectivity index (χ1n) is 9.59. The Kier molecular flexibility index (Phi) is 7.40. The molecule has 158 valence electrons. The van der Waals surface area contributed by atoms with Crippen LogP contribution in [-0.2, 0) is 16.2 Å². The van der Waals surface area contributed by atoms with Crippen LogP contribution in [0.1, 0.15) is 22.3 Å². The van der Waals surface area contributed by atoms with Gasteiger partial charge >= 0.3 is 11.8 Å². The van der Waals surface area contributed by atoms with E-state index in [1.165, 1.54) is 6.21 Å². The average Bonchev–Trinajstić information content (AvgIpc) is 2.76. The van der Waals surface area contributed by atoms with Crippen molar-refractivity contribution in [2.24, 2.45) is 5.10 Å². The third-order valence-electron chi connectivity index (χ3n) is 4.43. The summed E-state index contributed by atoms with van der Waals surface area (Å²) in [4.78, 5) is 24.0. The maximum absolute atomic E-state index is 12.0. The number of aryl methyl sites for hydroxylation is 2. The third kappa shape index (κ3) is 6.69. The molecule has 0 aromatic heterocycles. The number of carbonyl (C=O) groups excluding carboxylic acids is 2. The van der Waals surface area contributed by atoms with Crippen LogP contribution in [0.2, 0.25) is 5.02 Å². The van der Waals surface area contributed by atoms with E-state index >= 15 is 0 Å². The van der Waals surface area contributed by atoms with Gasteiger partial charge in [-0.05, 0) is 78.6 Å². The van der Waals surface area contributed by atoms with Crippen molar-refractivity contribution in [2.75, 3.05) is 5.32 Å². The molecule has 0 aliphatic carbocycles. The summed E-state index contributed by atoms with van der Waals surface area (Å²) in [7, 11) is 0. The van der Waals surface area contributed by atoms with Crippen molar-refractivity contribution in [1.29, 1.82) is 0 Å². The first-order chi connectivity index (χ1) is 14.9. The predicted octanol–water partition coefficient (Wildman–Crippen LogP) is 4.62. The number of rotatable bonds is 6. The number of halogens is 1. The van der Waals surface area contributed by atoms with Crippen molar-refractivity contribution >= 4 is 35.3 Å². The van der Waals surface area contributed by atoms with Crippen LogP contribution in [0.5, 0.6) is 5.75 Å². The van der Waals surface area contributed by atoms with Gasteiger partial charge in [-0.15, -0.1) is 0 Å². The van der Waals surface area contributed by atoms with Gasteiger partial charge in [0.1, 0.15) is 12.4 Å². The molecule has 3 rings (SSSR count). The van der Waals surface area contributed by atoms with Crippen LogP contribution in [0.25, 0.3) is 0 Å². The van der Waals surface area contributed by atoms with Gasteiger partial charge in [-0.2, -0.15) is 5.10 Å². The number of nitrogens with zero attached hydrogens (tertiary/aromatic N) is 1. The average molecular weight is 436 g/mol. The van der Waals surface area contributed by atoms with Gasteiger partial charge < -0.3 is 10.1 Å². The number of hydrogen-bond donors (Lipinski definition) is 2. The molecule has 0 unspecified atom stereocenters. The van der Waals surface area contributed by atoms with Crippen molar-refractivity contribution in [3.63, 3.8) is 0 Å². The minimum absolute atomic E-state index is 0.427. The molecule has 0 atom stereocenters. The molecule has 3 aromatic carbocycles. The van der Waals surface area contributed by atoms with Gasteiger partial charge in [0.05, 0.1) is 6.21 Å². The predicted molar refractivity (Wildman–Crippen MR) is 123 cm³/mol. The van der Waals surface area contributed by atoms with E-state index in [-0.39, 0.29) is 0 Å². The van der Waals surface area contributed by atoms with Gasteiger partial charge in [-0.25, -0.2) is 5.43 Å². The van der Waals surface area contributed by atoms with Crippen molar-refractivity contribution in [1.82, 2.24) is 5.43 Å². The highest BCUT2D eigenvalue weighted by molar-refractivity contribution is 6.39. The topological polar surface area (TPSA) is 79.8 Å². The fourth-order valence-electron chi connectivity index (χ4n) is 2.66. The molecule has 31 heavy (non-hydrogen) atoms. The van der Waals surface area contributed by atoms with E-state index in [1.807, 2.05) is 50.2 Å². The molecule has 3 aromatic rings. The van der Waals surface area contributed by atoms with E-state index in [2.05, 4.69) is 15.8 Å². The van der Waals surface area contributed by atoms with Crippen molar-refractivity contribution in [2.45, 2.75) is 20.5 Å². The fraction of sp³-hybridized carbons (Fsp3) is 0.125. The molecule has 0 bridgehead atoms. The number of nitrogens with one attached hydrogen (secondary N) is 2. The minimum atomic E-state index is -0.847. The second-order valence-corrected chi connectivity index (χ2v) is 7.39. The Morgan fingerprint density at radius 1 is 0.968 bits per heavy atom. The summed E-state index contributed by atoms with van der Waals surface area (Å²) in [6.07, 6.45) is 1.45. The zero-order chi connectivity index (χ0) is 22.2. The zero-order valence-corrected chi connectivity index (χ0v) is 17.9. The molecule has 7 heteroatoms. The molecular formula is C24H22ClN3O3. The first kappa shape index (κ1) is 22.1. The van der Waals surface area contributed by atoms with Gasteiger partial charge in [0.15, 0.2) is 0 Å². The third-order valence-corrected chi connectivity index (χ3v) is 4.68. The van der Waals surface area contributed by atoms with Crippen LogP contribution in [0.15, 0.2) is 71.8 Å². The standard InChI is InChI=1S/C24H22ClN3O3/c1-16-3-4-17(2)22(13-16)27-23(29)24(30)28-26-14-18-7-11-21(12-8-18)31-15-19-5-9-20(25)10-6-19/h3-14H,15H2,1-2H3,(H,27,29)(H,28,30). The van der Waals surface area contributed by atoms with Gasteiger partial charge in [0.2, 0.25) is 0 Å². The summed E-state index contributed by atoms with van der Waals surface area (Å²) in [6.45, 7) is 4.19. The summed E-state index contributed by atoms with van der Waals surface area (Å²) in [5.41, 5.74) is 6.43. The SMILES string of the molecule is Cc1ccc(C)c(NC(=O)C(=O)NN=Cc2ccc(OCc3ccc(Cl)cc3)cc2)c1. The molecule has 2 N–H and O–H groups in total. The molecule has 0 fully saturated rings. The summed E-state index contributed by atoms with van der Waals surface area (Å²) >= 11 is 5.87. The Labute approximate surface area is 185 Å². The number of anilines is 1. The van der Waals surface area contributed by atoms with E-state index < -0.39 is 11.8 Å². The molecule has 0 saturated heterocycles. The number of amides is 2. The Balaban J connectivity index is 1.48. The number of carbonyl (C=O) groups is 2. The first-order valence-corrected chi connectivity index (χ1v) is 9.97. The number of ether oxygens (including phenoxy) is 1. The van der Waals surface area contributed by atoms with Crippen LogP contribution in [-0.4, -0.2) is 18.0 Å². The molecule has 2 amide bonds. The second-order valence-electron chi connectivity index (χ2n) is 6.96. The molecule has 0 spiro atoms. The van der Waals surface area contributed by atoms with Gasteiger partial charge in [0.25, 0.3) is 0 Å². The normalized spacial score (nSPS) is 10.7. The lowest BCUT2D eigenvalue weighted by atomic mass is 10.1. The second kappa shape index (κ2) is 10.4. The van der Waals surface area contributed by atoms with Crippen LogP contribution in [0, 0.1) is 13.8 Å². The number of hydrogen-bond acceptors (Lipinski definition) is 4. The zero-order valence-electron chi connectivity index (χ0n) is 17.2. The maximum Gasteiger partial charge on any atom is 0.329 e. The van der Waals surface area contributed by atoms with Gasteiger partial charge in [0, 0.05) is 10.7 Å². The Hall–Kier alpha value is -3.64. The highest BCUT2D eigenvalue weighted by atomic mass is 35.5. The highest BCUT2D eigenvalue weighted by Gasteiger charge is 2.14. The highest BCUT2D eigenvalue weighted by Crippen LogP contribution is 2.16. The Morgan fingerprint density at radius 2 is 1.68 bits per heavy atom. The number of benzene rings is 3. The molecule has 0 aliphatic rings. The molecule has 0 saturated carbocycles. The fourth-order valence-corrected chi connectivity index (χ4v) is 2.79. The minimum Gasteiger partial charge on any atom is -0.489 e. The van der Waals surface area contributed by atoms with E-state index in [0.717, 1.165) is 22.3 Å². The Morgan fingerprint density at radius 3 is 2.39 bits per heavy atom. The van der Waals surface area contributed by atoms with Crippen molar-refractivity contribution in [3.05, 3.63) is 94.0 Å². The van der Waals surface area contributed by atoms with Crippen molar-refractivity contribution in [3.8, 4) is 5.75 Å². The van der Waals surface area contributed by atoms with E-state index in [0.29, 0.717) is 23.1 Å². The van der Waals surface area contributed by atoms with Crippen LogP contribution in [0.3, 0.4) is 0 Å². The number of hydrazone groups is 1. The summed E-state index contributed by atoms with van der Waals surface area (Å²) in [5.74, 6) is -0.930. The lowest BCUT2D eigenvalue weighted by Crippen LogP contribution is -2.32. The molecule has 0 heterocycles.